The van der Waals surface area contributed by atoms with Crippen molar-refractivity contribution in [1.29, 1.82) is 0 Å². The molecule has 24 heavy (non-hydrogen) atoms. The van der Waals surface area contributed by atoms with Gasteiger partial charge in [0.1, 0.15) is 5.56 Å². The number of rotatable bonds is 6. The Kier molecular flexibility index (Phi) is 5.10. The largest absolute Gasteiger partial charge is 0.480 e. The Balaban J connectivity index is 1.77. The molecule has 2 heterocycles. The molecule has 0 fully saturated rings. The van der Waals surface area contributed by atoms with E-state index in [9.17, 15) is 4.79 Å². The molecule has 0 unspecified atom stereocenters. The molecule has 1 aliphatic carbocycles. The molecular weight excluding hydrogens is 308 g/mol. The van der Waals surface area contributed by atoms with Gasteiger partial charge in [0.15, 0.2) is 0 Å². The number of ether oxygens (including phenoxy) is 2. The fraction of sp³-hybridized carbons (Fsp3) is 0.471. The lowest BCUT2D eigenvalue weighted by atomic mass is 9.93. The number of amides is 1. The van der Waals surface area contributed by atoms with Crippen molar-refractivity contribution >= 4 is 5.91 Å². The standard InChI is InChI=1S/C17H22N4O3/c1-23-10-9-21-11-12-5-3-7-14(15(12)20-21)19-16(22)13-6-4-8-18-17(13)24-2/h4,6,8,11,14H,3,5,7,9-10H2,1-2H3,(H,19,22)/t14-/m0/s1. The number of fused-ring (bicyclic) bond motifs is 1. The molecule has 0 aliphatic heterocycles. The second-order valence-electron chi connectivity index (χ2n) is 5.77. The zero-order valence-corrected chi connectivity index (χ0v) is 14.0. The third kappa shape index (κ3) is 3.41. The summed E-state index contributed by atoms with van der Waals surface area (Å²) in [5.74, 6) is 0.140. The first kappa shape index (κ1) is 16.4. The first-order chi connectivity index (χ1) is 11.7. The van der Waals surface area contributed by atoms with E-state index in [-0.39, 0.29) is 11.9 Å². The lowest BCUT2D eigenvalue weighted by Crippen LogP contribution is -2.31. The number of hydrogen-bond donors (Lipinski definition) is 1. The van der Waals surface area contributed by atoms with Gasteiger partial charge in [-0.15, -0.1) is 0 Å². The van der Waals surface area contributed by atoms with E-state index in [2.05, 4.69) is 21.6 Å². The minimum Gasteiger partial charge on any atom is -0.480 e. The van der Waals surface area contributed by atoms with Crippen LogP contribution in [0.5, 0.6) is 5.88 Å². The summed E-state index contributed by atoms with van der Waals surface area (Å²) in [5.41, 5.74) is 2.58. The monoisotopic (exact) mass is 330 g/mol. The smallest absolute Gasteiger partial charge is 0.257 e. The van der Waals surface area contributed by atoms with Crippen LogP contribution in [0.1, 0.15) is 40.5 Å². The summed E-state index contributed by atoms with van der Waals surface area (Å²) in [6.07, 6.45) is 6.55. The number of pyridine rings is 1. The van der Waals surface area contributed by atoms with Gasteiger partial charge in [-0.05, 0) is 37.0 Å². The van der Waals surface area contributed by atoms with E-state index in [0.717, 1.165) is 25.0 Å². The van der Waals surface area contributed by atoms with Crippen molar-refractivity contribution in [3.05, 3.63) is 41.3 Å². The number of nitrogens with one attached hydrogen (secondary N) is 1. The molecule has 3 rings (SSSR count). The maximum atomic E-state index is 12.6. The van der Waals surface area contributed by atoms with Crippen LogP contribution in [0.2, 0.25) is 0 Å². The van der Waals surface area contributed by atoms with Gasteiger partial charge in [-0.1, -0.05) is 0 Å². The highest BCUT2D eigenvalue weighted by molar-refractivity contribution is 5.96. The van der Waals surface area contributed by atoms with Crippen molar-refractivity contribution in [3.8, 4) is 5.88 Å². The molecule has 1 amide bonds. The highest BCUT2D eigenvalue weighted by Gasteiger charge is 2.26. The Morgan fingerprint density at radius 3 is 3.12 bits per heavy atom. The average Bonchev–Trinajstić information content (AvgIpc) is 3.04. The van der Waals surface area contributed by atoms with E-state index in [0.29, 0.717) is 24.6 Å². The molecule has 2 aromatic heterocycles. The normalized spacial score (nSPS) is 16.5. The van der Waals surface area contributed by atoms with Crippen molar-refractivity contribution in [2.75, 3.05) is 20.8 Å². The SMILES string of the molecule is COCCn1cc2c(n1)[C@@H](NC(=O)c1cccnc1OC)CCC2. The van der Waals surface area contributed by atoms with Crippen LogP contribution in [0.15, 0.2) is 24.5 Å². The first-order valence-corrected chi connectivity index (χ1v) is 8.08. The Hall–Kier alpha value is -2.41. The van der Waals surface area contributed by atoms with Crippen LogP contribution in [0.3, 0.4) is 0 Å². The molecule has 0 spiro atoms. The zero-order chi connectivity index (χ0) is 16.9. The highest BCUT2D eigenvalue weighted by atomic mass is 16.5. The van der Waals surface area contributed by atoms with E-state index in [4.69, 9.17) is 9.47 Å². The van der Waals surface area contributed by atoms with E-state index < -0.39 is 0 Å². The second kappa shape index (κ2) is 7.44. The summed E-state index contributed by atoms with van der Waals surface area (Å²) >= 11 is 0. The lowest BCUT2D eigenvalue weighted by molar-refractivity contribution is 0.0927. The summed E-state index contributed by atoms with van der Waals surface area (Å²) in [5, 5.41) is 7.70. The second-order valence-corrected chi connectivity index (χ2v) is 5.77. The van der Waals surface area contributed by atoms with Crippen molar-refractivity contribution in [2.24, 2.45) is 0 Å². The van der Waals surface area contributed by atoms with Gasteiger partial charge in [-0.25, -0.2) is 4.98 Å². The number of nitrogens with zero attached hydrogens (tertiary/aromatic N) is 3. The molecule has 1 aliphatic rings. The number of aryl methyl sites for hydroxylation is 1. The highest BCUT2D eigenvalue weighted by Crippen LogP contribution is 2.29. The van der Waals surface area contributed by atoms with E-state index in [1.54, 1.807) is 25.4 Å². The van der Waals surface area contributed by atoms with Gasteiger partial charge in [0.2, 0.25) is 5.88 Å². The zero-order valence-electron chi connectivity index (χ0n) is 14.0. The molecule has 0 radical (unpaired) electrons. The molecule has 1 N–H and O–H groups in total. The van der Waals surface area contributed by atoms with Crippen LogP contribution < -0.4 is 10.1 Å². The van der Waals surface area contributed by atoms with Crippen LogP contribution in [0, 0.1) is 0 Å². The van der Waals surface area contributed by atoms with Crippen molar-refractivity contribution in [2.45, 2.75) is 31.8 Å². The van der Waals surface area contributed by atoms with Gasteiger partial charge < -0.3 is 14.8 Å². The van der Waals surface area contributed by atoms with E-state index in [1.165, 1.54) is 12.7 Å². The van der Waals surface area contributed by atoms with Gasteiger partial charge >= 0.3 is 0 Å². The van der Waals surface area contributed by atoms with Gasteiger partial charge in [0, 0.05) is 19.5 Å². The number of methoxy groups -OCH3 is 2. The molecule has 7 nitrogen and oxygen atoms in total. The Morgan fingerprint density at radius 2 is 2.33 bits per heavy atom. The fourth-order valence-corrected chi connectivity index (χ4v) is 3.00. The number of aromatic nitrogens is 3. The lowest BCUT2D eigenvalue weighted by Gasteiger charge is -2.22. The Labute approximate surface area is 141 Å². The van der Waals surface area contributed by atoms with E-state index >= 15 is 0 Å². The van der Waals surface area contributed by atoms with E-state index in [1.807, 2.05) is 4.68 Å². The van der Waals surface area contributed by atoms with Crippen LogP contribution in [0.25, 0.3) is 0 Å². The minimum atomic E-state index is -0.191. The number of hydrogen-bond acceptors (Lipinski definition) is 5. The fourth-order valence-electron chi connectivity index (χ4n) is 3.00. The Morgan fingerprint density at radius 1 is 1.46 bits per heavy atom. The van der Waals surface area contributed by atoms with Gasteiger partial charge in [0.05, 0.1) is 32.0 Å². The first-order valence-electron chi connectivity index (χ1n) is 8.08. The van der Waals surface area contributed by atoms with Crippen LogP contribution in [-0.2, 0) is 17.7 Å². The third-order valence-electron chi connectivity index (χ3n) is 4.18. The molecule has 1 atom stereocenters. The molecule has 0 aromatic carbocycles. The summed E-state index contributed by atoms with van der Waals surface area (Å²) in [6, 6.07) is 3.35. The maximum absolute atomic E-state index is 12.6. The average molecular weight is 330 g/mol. The minimum absolute atomic E-state index is 0.0880. The molecule has 2 aromatic rings. The maximum Gasteiger partial charge on any atom is 0.257 e. The number of carbonyl (C=O) groups excluding carboxylic acids is 1. The molecule has 0 saturated heterocycles. The predicted octanol–water partition coefficient (Wildman–Crippen LogP) is 1.74. The van der Waals surface area contributed by atoms with Crippen LogP contribution >= 0.6 is 0 Å². The topological polar surface area (TPSA) is 78.3 Å². The molecule has 0 saturated carbocycles. The summed E-state index contributed by atoms with van der Waals surface area (Å²) in [4.78, 5) is 16.7. The van der Waals surface area contributed by atoms with Crippen molar-refractivity contribution in [3.63, 3.8) is 0 Å². The molecule has 7 heteroatoms. The third-order valence-corrected chi connectivity index (χ3v) is 4.18. The molecule has 0 bridgehead atoms. The van der Waals surface area contributed by atoms with Crippen LogP contribution in [-0.4, -0.2) is 41.5 Å². The van der Waals surface area contributed by atoms with Gasteiger partial charge in [-0.2, -0.15) is 5.10 Å². The summed E-state index contributed by atoms with van der Waals surface area (Å²) in [7, 11) is 3.18. The van der Waals surface area contributed by atoms with Crippen molar-refractivity contribution < 1.29 is 14.3 Å². The molecule has 128 valence electrons. The predicted molar refractivity (Wildman–Crippen MR) is 88.0 cm³/mol. The number of carbonyl (C=O) groups is 1. The quantitative estimate of drug-likeness (QED) is 0.873. The summed E-state index contributed by atoms with van der Waals surface area (Å²) in [6.45, 7) is 1.32. The molecular formula is C17H22N4O3. The van der Waals surface area contributed by atoms with Crippen molar-refractivity contribution in [1.82, 2.24) is 20.1 Å². The van der Waals surface area contributed by atoms with Crippen LogP contribution in [0.4, 0.5) is 0 Å². The Bertz CT molecular complexity index is 714. The van der Waals surface area contributed by atoms with Gasteiger partial charge in [-0.3, -0.25) is 9.48 Å². The van der Waals surface area contributed by atoms with Gasteiger partial charge in [0.25, 0.3) is 5.91 Å². The summed E-state index contributed by atoms with van der Waals surface area (Å²) < 4.78 is 12.2.